The number of hydrogen-bond donors (Lipinski definition) is 1. The van der Waals surface area contributed by atoms with Crippen molar-refractivity contribution in [3.05, 3.63) is 48.0 Å². The van der Waals surface area contributed by atoms with Crippen molar-refractivity contribution in [3.63, 3.8) is 0 Å². The molecule has 0 bridgehead atoms. The van der Waals surface area contributed by atoms with E-state index in [9.17, 15) is 9.18 Å². The number of benzene rings is 1. The smallest absolute Gasteiger partial charge is 0.224 e. The number of amides is 1. The Morgan fingerprint density at radius 3 is 2.56 bits per heavy atom. The third-order valence-corrected chi connectivity index (χ3v) is 2.38. The molecule has 0 unspecified atom stereocenters. The van der Waals surface area contributed by atoms with E-state index < -0.39 is 0 Å². The number of nitrogens with one attached hydrogen (secondary N) is 1. The van der Waals surface area contributed by atoms with Gasteiger partial charge in [0.1, 0.15) is 5.82 Å². The second-order valence-electron chi connectivity index (χ2n) is 3.78. The predicted molar refractivity (Wildman–Crippen MR) is 63.1 cm³/mol. The van der Waals surface area contributed by atoms with E-state index >= 15 is 0 Å². The van der Waals surface area contributed by atoms with Gasteiger partial charge in [-0.15, -0.1) is 0 Å². The number of halogens is 1. The predicted octanol–water partition coefficient (Wildman–Crippen LogP) is 0.776. The Kier molecular flexibility index (Phi) is 4.01. The number of carbonyl (C=O) groups is 1. The summed E-state index contributed by atoms with van der Waals surface area (Å²) in [7, 11) is 0. The fraction of sp³-hybridized carbons (Fsp3) is 0.250. The Morgan fingerprint density at radius 1 is 1.22 bits per heavy atom. The second kappa shape index (κ2) is 5.90. The Balaban J connectivity index is 1.73. The molecule has 2 aromatic rings. The van der Waals surface area contributed by atoms with Crippen molar-refractivity contribution >= 4 is 5.91 Å². The zero-order valence-corrected chi connectivity index (χ0v) is 9.71. The first-order valence-corrected chi connectivity index (χ1v) is 5.59. The molecule has 2 rings (SSSR count). The summed E-state index contributed by atoms with van der Waals surface area (Å²) in [5.74, 6) is -0.405. The molecule has 0 aliphatic carbocycles. The quantitative estimate of drug-likeness (QED) is 0.850. The number of carbonyl (C=O) groups excluding carboxylic acids is 1. The monoisotopic (exact) mass is 248 g/mol. The maximum absolute atomic E-state index is 12.7. The van der Waals surface area contributed by atoms with Crippen LogP contribution in [0.1, 0.15) is 5.56 Å². The van der Waals surface area contributed by atoms with Gasteiger partial charge in [-0.3, -0.25) is 4.79 Å². The van der Waals surface area contributed by atoms with Crippen LogP contribution >= 0.6 is 0 Å². The fourth-order valence-electron chi connectivity index (χ4n) is 1.50. The van der Waals surface area contributed by atoms with E-state index in [-0.39, 0.29) is 18.1 Å². The molecule has 0 aliphatic heterocycles. The van der Waals surface area contributed by atoms with Crippen molar-refractivity contribution in [2.75, 3.05) is 6.54 Å². The van der Waals surface area contributed by atoms with Crippen LogP contribution in [0.4, 0.5) is 4.39 Å². The second-order valence-corrected chi connectivity index (χ2v) is 3.78. The van der Waals surface area contributed by atoms with Gasteiger partial charge in [-0.25, -0.2) is 4.39 Å². The Bertz CT molecular complexity index is 495. The first-order chi connectivity index (χ1) is 8.74. The van der Waals surface area contributed by atoms with Crippen molar-refractivity contribution in [2.24, 2.45) is 0 Å². The largest absolute Gasteiger partial charge is 0.354 e. The molecule has 6 heteroatoms. The molecule has 0 aliphatic rings. The summed E-state index contributed by atoms with van der Waals surface area (Å²) < 4.78 is 12.7. The normalized spacial score (nSPS) is 10.3. The standard InChI is InChI=1S/C12H13FN4O/c13-11-3-1-10(2-4-11)9-12(18)14-7-8-17-15-5-6-16-17/h1-6H,7-9H2,(H,14,18). The molecule has 1 N–H and O–H groups in total. The van der Waals surface area contributed by atoms with Gasteiger partial charge in [0, 0.05) is 6.54 Å². The van der Waals surface area contributed by atoms with E-state index in [1.54, 1.807) is 24.5 Å². The van der Waals surface area contributed by atoms with Gasteiger partial charge in [-0.05, 0) is 17.7 Å². The van der Waals surface area contributed by atoms with E-state index in [0.717, 1.165) is 5.56 Å². The third kappa shape index (κ3) is 3.65. The summed E-state index contributed by atoms with van der Waals surface area (Å²) in [6, 6.07) is 5.89. The summed E-state index contributed by atoms with van der Waals surface area (Å²) in [5, 5.41) is 10.6. The van der Waals surface area contributed by atoms with Crippen molar-refractivity contribution < 1.29 is 9.18 Å². The van der Waals surface area contributed by atoms with Crippen LogP contribution in [0.25, 0.3) is 0 Å². The van der Waals surface area contributed by atoms with Crippen LogP contribution in [0.15, 0.2) is 36.7 Å². The molecule has 1 heterocycles. The molecule has 5 nitrogen and oxygen atoms in total. The summed E-state index contributed by atoms with van der Waals surface area (Å²) in [4.78, 5) is 13.1. The highest BCUT2D eigenvalue weighted by Gasteiger charge is 2.03. The van der Waals surface area contributed by atoms with Gasteiger partial charge in [-0.2, -0.15) is 15.0 Å². The topological polar surface area (TPSA) is 59.8 Å². The van der Waals surface area contributed by atoms with Gasteiger partial charge in [0.25, 0.3) is 0 Å². The number of nitrogens with zero attached hydrogens (tertiary/aromatic N) is 3. The van der Waals surface area contributed by atoms with E-state index in [2.05, 4.69) is 15.5 Å². The van der Waals surface area contributed by atoms with Crippen molar-refractivity contribution in [1.82, 2.24) is 20.3 Å². The molecule has 1 aromatic carbocycles. The molecule has 18 heavy (non-hydrogen) atoms. The molecule has 0 radical (unpaired) electrons. The molecule has 0 saturated heterocycles. The summed E-state index contributed by atoms with van der Waals surface area (Å²) >= 11 is 0. The number of hydrogen-bond acceptors (Lipinski definition) is 3. The van der Waals surface area contributed by atoms with Gasteiger partial charge in [0.2, 0.25) is 5.91 Å². The maximum Gasteiger partial charge on any atom is 0.224 e. The lowest BCUT2D eigenvalue weighted by atomic mass is 10.1. The molecular weight excluding hydrogens is 235 g/mol. The van der Waals surface area contributed by atoms with Crippen LogP contribution < -0.4 is 5.32 Å². The van der Waals surface area contributed by atoms with E-state index in [4.69, 9.17) is 0 Å². The van der Waals surface area contributed by atoms with Crippen molar-refractivity contribution in [1.29, 1.82) is 0 Å². The summed E-state index contributed by atoms with van der Waals surface area (Å²) in [5.41, 5.74) is 0.783. The molecule has 0 atom stereocenters. The lowest BCUT2D eigenvalue weighted by Gasteiger charge is -2.04. The van der Waals surface area contributed by atoms with Crippen LogP contribution in [-0.2, 0) is 17.8 Å². The average molecular weight is 248 g/mol. The van der Waals surface area contributed by atoms with Crippen LogP contribution in [0.2, 0.25) is 0 Å². The van der Waals surface area contributed by atoms with Crippen LogP contribution in [-0.4, -0.2) is 27.4 Å². The lowest BCUT2D eigenvalue weighted by Crippen LogP contribution is -2.29. The van der Waals surface area contributed by atoms with Gasteiger partial charge < -0.3 is 5.32 Å². The first kappa shape index (κ1) is 12.2. The lowest BCUT2D eigenvalue weighted by molar-refractivity contribution is -0.120. The van der Waals surface area contributed by atoms with Crippen LogP contribution in [0, 0.1) is 5.82 Å². The van der Waals surface area contributed by atoms with Crippen molar-refractivity contribution in [3.8, 4) is 0 Å². The SMILES string of the molecule is O=C(Cc1ccc(F)cc1)NCCn1nccn1. The minimum atomic E-state index is -0.302. The summed E-state index contributed by atoms with van der Waals surface area (Å²) in [6.07, 6.45) is 3.41. The van der Waals surface area contributed by atoms with Gasteiger partial charge in [-0.1, -0.05) is 12.1 Å². The van der Waals surface area contributed by atoms with Gasteiger partial charge in [0.15, 0.2) is 0 Å². The zero-order valence-electron chi connectivity index (χ0n) is 9.71. The minimum Gasteiger partial charge on any atom is -0.354 e. The Labute approximate surface area is 104 Å². The Hall–Kier alpha value is -2.24. The molecule has 0 saturated carbocycles. The van der Waals surface area contributed by atoms with E-state index in [1.807, 2.05) is 0 Å². The Morgan fingerprint density at radius 2 is 1.89 bits per heavy atom. The molecule has 1 aromatic heterocycles. The molecule has 0 spiro atoms. The number of rotatable bonds is 5. The minimum absolute atomic E-state index is 0.103. The fourth-order valence-corrected chi connectivity index (χ4v) is 1.50. The van der Waals surface area contributed by atoms with Crippen molar-refractivity contribution in [2.45, 2.75) is 13.0 Å². The highest BCUT2D eigenvalue weighted by atomic mass is 19.1. The zero-order chi connectivity index (χ0) is 12.8. The van der Waals surface area contributed by atoms with Gasteiger partial charge >= 0.3 is 0 Å². The van der Waals surface area contributed by atoms with Crippen LogP contribution in [0.3, 0.4) is 0 Å². The molecule has 0 fully saturated rings. The average Bonchev–Trinajstić information content (AvgIpc) is 2.85. The molecule has 94 valence electrons. The first-order valence-electron chi connectivity index (χ1n) is 5.59. The van der Waals surface area contributed by atoms with Gasteiger partial charge in [0.05, 0.1) is 25.4 Å². The highest BCUT2D eigenvalue weighted by Crippen LogP contribution is 2.03. The molecular formula is C12H13FN4O. The highest BCUT2D eigenvalue weighted by molar-refractivity contribution is 5.78. The van der Waals surface area contributed by atoms with Crippen LogP contribution in [0.5, 0.6) is 0 Å². The van der Waals surface area contributed by atoms with E-state index in [1.165, 1.54) is 16.9 Å². The maximum atomic E-state index is 12.7. The van der Waals surface area contributed by atoms with E-state index in [0.29, 0.717) is 13.1 Å². The third-order valence-electron chi connectivity index (χ3n) is 2.38. The number of aromatic nitrogens is 3. The summed E-state index contributed by atoms with van der Waals surface area (Å²) in [6.45, 7) is 0.997. The molecule has 1 amide bonds.